The van der Waals surface area contributed by atoms with Crippen LogP contribution < -0.4 is 9.80 Å². The van der Waals surface area contributed by atoms with Crippen LogP contribution in [0, 0.1) is 0 Å². The Bertz CT molecular complexity index is 1470. The Labute approximate surface area is 283 Å². The highest BCUT2D eigenvalue weighted by Gasteiger charge is 2.22. The van der Waals surface area contributed by atoms with Crippen LogP contribution in [0.4, 0.5) is 11.4 Å². The Morgan fingerprint density at radius 1 is 0.457 bits per heavy atom. The zero-order valence-corrected chi connectivity index (χ0v) is 28.3. The fraction of sp³-hybridized carbons (Fsp3) is 0.500. The monoisotopic (exact) mass is 660 g/mol. The first-order valence-corrected chi connectivity index (χ1v) is 17.8. The van der Waals surface area contributed by atoms with E-state index in [9.17, 15) is 0 Å². The Hall–Kier alpha value is -2.72. The smallest absolute Gasteiger partial charge is 0.0737 e. The highest BCUT2D eigenvalue weighted by Crippen LogP contribution is 2.29. The van der Waals surface area contributed by atoms with Gasteiger partial charge in [0.05, 0.1) is 11.0 Å². The average Bonchev–Trinajstić information content (AvgIpc) is 3.09. The van der Waals surface area contributed by atoms with Crippen LogP contribution in [0.5, 0.6) is 0 Å². The number of benzene rings is 2. The molecule has 2 aromatic carbocycles. The first-order chi connectivity index (χ1) is 22.6. The van der Waals surface area contributed by atoms with Crippen molar-refractivity contribution in [1.29, 1.82) is 0 Å². The van der Waals surface area contributed by atoms with Crippen molar-refractivity contribution in [3.8, 4) is 0 Å². The zero-order valence-electron chi connectivity index (χ0n) is 26.8. The second-order valence-corrected chi connectivity index (χ2v) is 13.9. The van der Waals surface area contributed by atoms with Crippen LogP contribution in [0.1, 0.15) is 12.8 Å². The molecule has 7 rings (SSSR count). The van der Waals surface area contributed by atoms with Crippen molar-refractivity contribution in [2.45, 2.75) is 12.8 Å². The third-order valence-corrected chi connectivity index (χ3v) is 10.6. The lowest BCUT2D eigenvalue weighted by Gasteiger charge is -2.38. The molecule has 3 aliphatic heterocycles. The van der Waals surface area contributed by atoms with Crippen molar-refractivity contribution in [2.24, 2.45) is 0 Å². The maximum Gasteiger partial charge on any atom is 0.0737 e. The van der Waals surface area contributed by atoms with Gasteiger partial charge in [0.25, 0.3) is 0 Å². The van der Waals surface area contributed by atoms with Crippen LogP contribution in [-0.2, 0) is 0 Å². The number of pyridine rings is 2. The summed E-state index contributed by atoms with van der Waals surface area (Å²) in [6, 6.07) is 16.4. The lowest BCUT2D eigenvalue weighted by molar-refractivity contribution is 0.120. The van der Waals surface area contributed by atoms with Crippen LogP contribution in [0.25, 0.3) is 21.8 Å². The molecule has 0 amide bonds. The van der Waals surface area contributed by atoms with Gasteiger partial charge in [0.2, 0.25) is 0 Å². The molecule has 2 aromatic heterocycles. The van der Waals surface area contributed by atoms with Gasteiger partial charge in [-0.05, 0) is 87.6 Å². The number of nitrogens with zero attached hydrogens (tertiary/aromatic N) is 8. The molecule has 0 saturated carbocycles. The average molecular weight is 662 g/mol. The molecule has 5 heterocycles. The third-order valence-electron chi connectivity index (χ3n) is 10.2. The molecule has 8 nitrogen and oxygen atoms in total. The predicted octanol–water partition coefficient (Wildman–Crippen LogP) is 5.43. The van der Waals surface area contributed by atoms with Gasteiger partial charge in [-0.1, -0.05) is 23.2 Å². The Morgan fingerprint density at radius 2 is 0.804 bits per heavy atom. The molecule has 3 saturated heterocycles. The molecule has 46 heavy (non-hydrogen) atoms. The van der Waals surface area contributed by atoms with Gasteiger partial charge in [0.1, 0.15) is 0 Å². The number of anilines is 2. The molecule has 0 unspecified atom stereocenters. The van der Waals surface area contributed by atoms with Crippen molar-refractivity contribution >= 4 is 56.4 Å². The van der Waals surface area contributed by atoms with E-state index in [1.54, 1.807) is 0 Å². The number of rotatable bonds is 10. The van der Waals surface area contributed by atoms with Gasteiger partial charge in [-0.2, -0.15) is 0 Å². The van der Waals surface area contributed by atoms with Crippen molar-refractivity contribution in [1.82, 2.24) is 29.6 Å². The SMILES string of the molecule is Clc1ccc2c(N3CCN(CCCN4CCN(CCCN5CCN(c6ccnc7cc(Cl)ccc67)CC5)CC4)CC3)ccnc2c1. The van der Waals surface area contributed by atoms with Gasteiger partial charge >= 0.3 is 0 Å². The topological polar surface area (TPSA) is 45.2 Å². The summed E-state index contributed by atoms with van der Waals surface area (Å²) in [4.78, 5) is 24.7. The summed E-state index contributed by atoms with van der Waals surface area (Å²) in [6.45, 7) is 18.4. The number of piperazine rings is 3. The van der Waals surface area contributed by atoms with Crippen LogP contribution in [-0.4, -0.2) is 134 Å². The Morgan fingerprint density at radius 3 is 1.17 bits per heavy atom. The van der Waals surface area contributed by atoms with E-state index >= 15 is 0 Å². The van der Waals surface area contributed by atoms with Crippen LogP contribution >= 0.6 is 23.2 Å². The molecule has 244 valence electrons. The van der Waals surface area contributed by atoms with E-state index in [-0.39, 0.29) is 0 Å². The normalized spacial score (nSPS) is 19.4. The van der Waals surface area contributed by atoms with Gasteiger partial charge in [-0.25, -0.2) is 0 Å². The van der Waals surface area contributed by atoms with Crippen LogP contribution in [0.3, 0.4) is 0 Å². The van der Waals surface area contributed by atoms with Gasteiger partial charge < -0.3 is 19.6 Å². The minimum Gasteiger partial charge on any atom is -0.368 e. The van der Waals surface area contributed by atoms with Crippen molar-refractivity contribution < 1.29 is 0 Å². The molecule has 0 radical (unpaired) electrons. The molecular formula is C36H46Cl2N8. The maximum absolute atomic E-state index is 6.20. The molecule has 4 aromatic rings. The lowest BCUT2D eigenvalue weighted by Crippen LogP contribution is -2.49. The number of hydrogen-bond acceptors (Lipinski definition) is 8. The van der Waals surface area contributed by atoms with E-state index in [2.05, 4.69) is 63.6 Å². The molecular weight excluding hydrogens is 615 g/mol. The van der Waals surface area contributed by atoms with E-state index in [1.807, 2.05) is 36.7 Å². The van der Waals surface area contributed by atoms with Crippen molar-refractivity contribution in [2.75, 3.05) is 115 Å². The van der Waals surface area contributed by atoms with E-state index in [4.69, 9.17) is 23.2 Å². The molecule has 0 bridgehead atoms. The Kier molecular flexibility index (Phi) is 10.4. The highest BCUT2D eigenvalue weighted by atomic mass is 35.5. The minimum absolute atomic E-state index is 0.743. The number of halogens is 2. The molecule has 0 spiro atoms. The largest absolute Gasteiger partial charge is 0.368 e. The number of aromatic nitrogens is 2. The molecule has 0 atom stereocenters. The quantitative estimate of drug-likeness (QED) is 0.223. The number of fused-ring (bicyclic) bond motifs is 2. The first-order valence-electron chi connectivity index (χ1n) is 17.1. The number of hydrogen-bond donors (Lipinski definition) is 0. The molecule has 0 N–H and O–H groups in total. The summed E-state index contributed by atoms with van der Waals surface area (Å²) in [5, 5.41) is 3.87. The van der Waals surface area contributed by atoms with Gasteiger partial charge in [-0.15, -0.1) is 0 Å². The van der Waals surface area contributed by atoms with E-state index in [1.165, 1.54) is 87.3 Å². The maximum atomic E-state index is 6.20. The fourth-order valence-corrected chi connectivity index (χ4v) is 7.79. The molecule has 3 aliphatic rings. The summed E-state index contributed by atoms with van der Waals surface area (Å²) in [5.41, 5.74) is 4.51. The summed E-state index contributed by atoms with van der Waals surface area (Å²) < 4.78 is 0. The summed E-state index contributed by atoms with van der Waals surface area (Å²) in [5.74, 6) is 0. The van der Waals surface area contributed by atoms with Gasteiger partial charge in [-0.3, -0.25) is 19.8 Å². The lowest BCUT2D eigenvalue weighted by atomic mass is 10.1. The van der Waals surface area contributed by atoms with Gasteiger partial charge in [0, 0.05) is 123 Å². The zero-order chi connectivity index (χ0) is 31.3. The van der Waals surface area contributed by atoms with Crippen molar-refractivity contribution in [3.63, 3.8) is 0 Å². The van der Waals surface area contributed by atoms with Crippen LogP contribution in [0.2, 0.25) is 10.0 Å². The molecule has 3 fully saturated rings. The third kappa shape index (κ3) is 7.70. The minimum atomic E-state index is 0.743. The van der Waals surface area contributed by atoms with E-state index < -0.39 is 0 Å². The standard InChI is InChI=1S/C36H46Cl2N8/c37-29-3-5-31-33(27-29)39-9-7-35(31)45-23-19-43(20-24-45)13-1-11-41-15-17-42(18-16-41)12-2-14-44-21-25-46(26-22-44)36-8-10-40-34-28-30(38)4-6-32(34)36/h3-10,27-28H,1-2,11-26H2. The predicted molar refractivity (Wildman–Crippen MR) is 193 cm³/mol. The molecule has 0 aliphatic carbocycles. The second-order valence-electron chi connectivity index (χ2n) is 13.0. The van der Waals surface area contributed by atoms with Crippen LogP contribution in [0.15, 0.2) is 60.9 Å². The fourth-order valence-electron chi connectivity index (χ4n) is 7.46. The summed E-state index contributed by atoms with van der Waals surface area (Å²) in [7, 11) is 0. The summed E-state index contributed by atoms with van der Waals surface area (Å²) >= 11 is 12.4. The van der Waals surface area contributed by atoms with Gasteiger partial charge in [0.15, 0.2) is 0 Å². The van der Waals surface area contributed by atoms with E-state index in [0.717, 1.165) is 73.4 Å². The summed E-state index contributed by atoms with van der Waals surface area (Å²) in [6.07, 6.45) is 6.33. The molecule has 10 heteroatoms. The highest BCUT2D eigenvalue weighted by molar-refractivity contribution is 6.31. The first kappa shape index (κ1) is 31.9. The Balaban J connectivity index is 0.760. The van der Waals surface area contributed by atoms with E-state index in [0.29, 0.717) is 0 Å². The van der Waals surface area contributed by atoms with Crippen molar-refractivity contribution in [3.05, 3.63) is 71.0 Å². The second kappa shape index (κ2) is 15.0.